The summed E-state index contributed by atoms with van der Waals surface area (Å²) in [5.41, 5.74) is -1.01. The summed E-state index contributed by atoms with van der Waals surface area (Å²) in [6, 6.07) is 1.02. The number of fused-ring (bicyclic) bond motifs is 1. The van der Waals surface area contributed by atoms with Gasteiger partial charge in [-0.25, -0.2) is 0 Å². The molecule has 7 heteroatoms. The third-order valence-electron chi connectivity index (χ3n) is 3.54. The van der Waals surface area contributed by atoms with Gasteiger partial charge in [-0.1, -0.05) is 0 Å². The number of aliphatic hydroxyl groups excluding tert-OH is 1. The van der Waals surface area contributed by atoms with Crippen molar-refractivity contribution in [2.24, 2.45) is 5.92 Å². The van der Waals surface area contributed by atoms with E-state index in [1.54, 1.807) is 0 Å². The molecule has 0 saturated carbocycles. The van der Waals surface area contributed by atoms with Crippen LogP contribution in [0.1, 0.15) is 27.6 Å². The molecular weight excluding hydrogens is 292 g/mol. The van der Waals surface area contributed by atoms with Crippen LogP contribution in [-0.2, 0) is 4.79 Å². The average molecular weight is 306 g/mol. The molecule has 0 aromatic heterocycles. The average Bonchev–Trinajstić information content (AvgIpc) is 2.46. The van der Waals surface area contributed by atoms with E-state index in [1.165, 1.54) is 14.0 Å². The Labute approximate surface area is 125 Å². The molecule has 1 atom stereocenters. The Morgan fingerprint density at radius 2 is 1.91 bits per heavy atom. The van der Waals surface area contributed by atoms with Gasteiger partial charge in [-0.15, -0.1) is 0 Å². The molecule has 1 aliphatic carbocycles. The van der Waals surface area contributed by atoms with Crippen LogP contribution in [0, 0.1) is 5.92 Å². The lowest BCUT2D eigenvalue weighted by molar-refractivity contribution is -0.120. The van der Waals surface area contributed by atoms with Gasteiger partial charge in [0, 0.05) is 11.6 Å². The third-order valence-corrected chi connectivity index (χ3v) is 3.54. The zero-order valence-corrected chi connectivity index (χ0v) is 11.9. The number of aromatic hydroxyl groups is 2. The molecule has 116 valence electrons. The molecule has 1 aliphatic rings. The number of Topliss-reactive ketones (excluding diaryl/α,β-unsaturated/α-hetero) is 2. The first-order valence-electron chi connectivity index (χ1n) is 6.38. The fourth-order valence-electron chi connectivity index (χ4n) is 2.39. The van der Waals surface area contributed by atoms with Crippen LogP contribution >= 0.6 is 0 Å². The van der Waals surface area contributed by atoms with Gasteiger partial charge in [-0.3, -0.25) is 14.4 Å². The summed E-state index contributed by atoms with van der Waals surface area (Å²) < 4.78 is 4.84. The Balaban J connectivity index is 2.70. The molecule has 0 amide bonds. The second kappa shape index (κ2) is 5.61. The van der Waals surface area contributed by atoms with Crippen LogP contribution in [0.4, 0.5) is 0 Å². The summed E-state index contributed by atoms with van der Waals surface area (Å²) in [4.78, 5) is 36.1. The highest BCUT2D eigenvalue weighted by atomic mass is 16.5. The van der Waals surface area contributed by atoms with Crippen molar-refractivity contribution in [1.82, 2.24) is 0 Å². The first-order valence-corrected chi connectivity index (χ1v) is 6.38. The molecule has 0 spiro atoms. The van der Waals surface area contributed by atoms with Crippen LogP contribution in [0.3, 0.4) is 0 Å². The maximum Gasteiger partial charge on any atom is 0.194 e. The zero-order valence-electron chi connectivity index (χ0n) is 11.9. The van der Waals surface area contributed by atoms with E-state index in [2.05, 4.69) is 0 Å². The van der Waals surface area contributed by atoms with Gasteiger partial charge in [-0.05, 0) is 13.0 Å². The van der Waals surface area contributed by atoms with Gasteiger partial charge in [0.2, 0.25) is 0 Å². The Morgan fingerprint density at radius 3 is 2.41 bits per heavy atom. The number of phenols is 2. The summed E-state index contributed by atoms with van der Waals surface area (Å²) in [6.45, 7) is 0.532. The van der Waals surface area contributed by atoms with Gasteiger partial charge in [-0.2, -0.15) is 0 Å². The number of carbonyl (C=O) groups excluding carboxylic acids is 3. The lowest BCUT2D eigenvalue weighted by atomic mass is 9.81. The highest BCUT2D eigenvalue weighted by molar-refractivity contribution is 6.28. The van der Waals surface area contributed by atoms with Crippen molar-refractivity contribution in [3.05, 3.63) is 28.8 Å². The third kappa shape index (κ3) is 2.25. The van der Waals surface area contributed by atoms with E-state index < -0.39 is 46.9 Å². The molecule has 0 fully saturated rings. The number of allylic oxidation sites excluding steroid dienone is 1. The Morgan fingerprint density at radius 1 is 1.27 bits per heavy atom. The Kier molecular flexibility index (Phi) is 4.01. The van der Waals surface area contributed by atoms with Crippen molar-refractivity contribution >= 4 is 17.3 Å². The van der Waals surface area contributed by atoms with Gasteiger partial charge < -0.3 is 20.1 Å². The first kappa shape index (κ1) is 15.7. The Bertz CT molecular complexity index is 715. The fraction of sp³-hybridized carbons (Fsp3) is 0.267. The minimum Gasteiger partial charge on any atom is -0.507 e. The lowest BCUT2D eigenvalue weighted by Crippen LogP contribution is -2.28. The van der Waals surface area contributed by atoms with Crippen LogP contribution in [0.15, 0.2) is 17.7 Å². The minimum atomic E-state index is -1.17. The normalized spacial score (nSPS) is 15.1. The second-order valence-corrected chi connectivity index (χ2v) is 4.84. The zero-order chi connectivity index (χ0) is 16.6. The van der Waals surface area contributed by atoms with Gasteiger partial charge in [0.1, 0.15) is 11.5 Å². The van der Waals surface area contributed by atoms with Crippen LogP contribution in [0.25, 0.3) is 0 Å². The van der Waals surface area contributed by atoms with E-state index in [1.807, 2.05) is 0 Å². The number of hydrogen-bond acceptors (Lipinski definition) is 7. The molecule has 7 nitrogen and oxygen atoms in total. The standard InChI is InChI=1S/C15H14O7/c1-6(17)8(5-16)7-3-9(18)12-10(19)4-11(22-2)15(21)13(12)14(7)20/h3-4,8,16,19,21H,5H2,1-2H3. The highest BCUT2D eigenvalue weighted by Gasteiger charge is 2.37. The smallest absolute Gasteiger partial charge is 0.194 e. The number of ketones is 3. The van der Waals surface area contributed by atoms with Crippen molar-refractivity contribution in [2.75, 3.05) is 13.7 Å². The number of carbonyl (C=O) groups is 3. The van der Waals surface area contributed by atoms with E-state index in [0.29, 0.717) is 0 Å². The van der Waals surface area contributed by atoms with Crippen molar-refractivity contribution in [3.8, 4) is 17.2 Å². The van der Waals surface area contributed by atoms with Crippen LogP contribution in [0.5, 0.6) is 17.2 Å². The number of rotatable bonds is 4. The number of aliphatic hydroxyl groups is 1. The molecule has 0 heterocycles. The summed E-state index contributed by atoms with van der Waals surface area (Å²) in [6.07, 6.45) is 0.901. The van der Waals surface area contributed by atoms with Crippen LogP contribution < -0.4 is 4.74 Å². The van der Waals surface area contributed by atoms with E-state index >= 15 is 0 Å². The first-order chi connectivity index (χ1) is 10.3. The molecule has 0 radical (unpaired) electrons. The summed E-state index contributed by atoms with van der Waals surface area (Å²) >= 11 is 0. The molecule has 2 rings (SSSR count). The van der Waals surface area contributed by atoms with E-state index in [0.717, 1.165) is 12.1 Å². The topological polar surface area (TPSA) is 121 Å². The molecule has 22 heavy (non-hydrogen) atoms. The summed E-state index contributed by atoms with van der Waals surface area (Å²) in [5, 5.41) is 29.2. The molecule has 0 bridgehead atoms. The highest BCUT2D eigenvalue weighted by Crippen LogP contribution is 2.42. The molecule has 0 saturated heterocycles. The van der Waals surface area contributed by atoms with Gasteiger partial charge >= 0.3 is 0 Å². The molecule has 0 aliphatic heterocycles. The molecule has 1 aromatic carbocycles. The monoisotopic (exact) mass is 306 g/mol. The van der Waals surface area contributed by atoms with E-state index in [4.69, 9.17) is 4.74 Å². The molecule has 3 N–H and O–H groups in total. The molecule has 1 unspecified atom stereocenters. The van der Waals surface area contributed by atoms with Crippen molar-refractivity contribution in [1.29, 1.82) is 0 Å². The SMILES string of the molecule is COc1cc(O)c2c(c1O)C(=O)C(C(CO)C(C)=O)=CC2=O. The van der Waals surface area contributed by atoms with Crippen LogP contribution in [0.2, 0.25) is 0 Å². The van der Waals surface area contributed by atoms with Gasteiger partial charge in [0.15, 0.2) is 23.1 Å². The second-order valence-electron chi connectivity index (χ2n) is 4.84. The van der Waals surface area contributed by atoms with Crippen molar-refractivity contribution in [3.63, 3.8) is 0 Å². The minimum absolute atomic E-state index is 0.179. The summed E-state index contributed by atoms with van der Waals surface area (Å²) in [5.74, 6) is -4.50. The number of hydrogen-bond donors (Lipinski definition) is 3. The van der Waals surface area contributed by atoms with E-state index in [-0.39, 0.29) is 16.9 Å². The molecular formula is C15H14O7. The number of ether oxygens (including phenoxy) is 1. The predicted octanol–water partition coefficient (Wildman–Crippen LogP) is 0.609. The lowest BCUT2D eigenvalue weighted by Gasteiger charge is -2.22. The van der Waals surface area contributed by atoms with Crippen LogP contribution in [-0.4, -0.2) is 46.4 Å². The fourth-order valence-corrected chi connectivity index (χ4v) is 2.39. The largest absolute Gasteiger partial charge is 0.507 e. The number of phenolic OH excluding ortho intramolecular Hbond substituents is 2. The quantitative estimate of drug-likeness (QED) is 0.697. The van der Waals surface area contributed by atoms with Gasteiger partial charge in [0.25, 0.3) is 0 Å². The summed E-state index contributed by atoms with van der Waals surface area (Å²) in [7, 11) is 1.22. The Hall–Kier alpha value is -2.67. The maximum atomic E-state index is 12.5. The van der Waals surface area contributed by atoms with Crippen molar-refractivity contribution in [2.45, 2.75) is 6.92 Å². The molecule has 1 aromatic rings. The van der Waals surface area contributed by atoms with Crippen molar-refractivity contribution < 1.29 is 34.4 Å². The maximum absolute atomic E-state index is 12.5. The number of methoxy groups -OCH3 is 1. The number of benzene rings is 1. The predicted molar refractivity (Wildman–Crippen MR) is 74.3 cm³/mol. The van der Waals surface area contributed by atoms with E-state index in [9.17, 15) is 29.7 Å². The van der Waals surface area contributed by atoms with Gasteiger partial charge in [0.05, 0.1) is 30.8 Å².